The van der Waals surface area contributed by atoms with Gasteiger partial charge in [0.2, 0.25) is 5.95 Å². The first-order valence-electron chi connectivity index (χ1n) is 9.88. The van der Waals surface area contributed by atoms with Crippen LogP contribution in [-0.2, 0) is 19.5 Å². The molecule has 4 rings (SSSR count). The fraction of sp³-hybridized carbons (Fsp3) is 0.100. The smallest absolute Gasteiger partial charge is 0.313 e. The topological polar surface area (TPSA) is 179 Å². The monoisotopic (exact) mass is 538 g/mol. The maximum Gasteiger partial charge on any atom is 0.313 e. The zero-order chi connectivity index (χ0) is 25.9. The normalized spacial score (nSPS) is 20.3. The standard InChI is InChI=1S/C20H16F2N6O6S2/c21-17-9-18(26-20(22)25-17)24-11-2-6-16(36(30,31)32)15(8-11)27-28-19-13-4-3-12(35-34-33-29)7-10(13)1-5-14(19)23/h1-10,13,23,27,29H,(H,24,25,26)(H,30,31,32)/b23-14?,28-19-. The summed E-state index contributed by atoms with van der Waals surface area (Å²) in [5.41, 5.74) is 2.87. The van der Waals surface area contributed by atoms with Gasteiger partial charge in [-0.3, -0.25) is 15.4 Å². The van der Waals surface area contributed by atoms with Crippen molar-refractivity contribution in [1.82, 2.24) is 9.97 Å². The summed E-state index contributed by atoms with van der Waals surface area (Å²) >= 11 is 0.776. The SMILES string of the molecule is N=C1C=CC2C=C(SOOO)C=CC2/C1=N/Nc1cc(Nc2cc(F)nc(F)n2)ccc1S(=O)(=O)O. The van der Waals surface area contributed by atoms with E-state index in [1.54, 1.807) is 24.3 Å². The quantitative estimate of drug-likeness (QED) is 0.0823. The highest BCUT2D eigenvalue weighted by atomic mass is 32.2. The third kappa shape index (κ3) is 5.99. The van der Waals surface area contributed by atoms with Crippen molar-refractivity contribution in [2.75, 3.05) is 10.7 Å². The van der Waals surface area contributed by atoms with E-state index in [-0.39, 0.29) is 34.5 Å². The maximum absolute atomic E-state index is 13.4. The van der Waals surface area contributed by atoms with Gasteiger partial charge in [0.15, 0.2) is 0 Å². The lowest BCUT2D eigenvalue weighted by atomic mass is 9.79. The Morgan fingerprint density at radius 2 is 1.97 bits per heavy atom. The summed E-state index contributed by atoms with van der Waals surface area (Å²) in [6, 6.07) is 4.35. The van der Waals surface area contributed by atoms with Gasteiger partial charge in [0.1, 0.15) is 10.7 Å². The molecule has 2 unspecified atom stereocenters. The highest BCUT2D eigenvalue weighted by Gasteiger charge is 2.30. The predicted octanol–water partition coefficient (Wildman–Crippen LogP) is 3.86. The van der Waals surface area contributed by atoms with Crippen molar-refractivity contribution in [2.24, 2.45) is 16.9 Å². The minimum Gasteiger partial charge on any atom is -0.340 e. The van der Waals surface area contributed by atoms with Gasteiger partial charge in [0.05, 0.1) is 29.2 Å². The van der Waals surface area contributed by atoms with Gasteiger partial charge in [-0.25, -0.2) is 5.26 Å². The molecule has 188 valence electrons. The Balaban J connectivity index is 1.63. The van der Waals surface area contributed by atoms with E-state index in [1.165, 1.54) is 18.2 Å². The Labute approximate surface area is 206 Å². The molecule has 5 N–H and O–H groups in total. The summed E-state index contributed by atoms with van der Waals surface area (Å²) in [5, 5.41) is 27.0. The van der Waals surface area contributed by atoms with Gasteiger partial charge in [-0.05, 0) is 30.4 Å². The number of nitrogens with zero attached hydrogens (tertiary/aromatic N) is 3. The Morgan fingerprint density at radius 1 is 1.17 bits per heavy atom. The van der Waals surface area contributed by atoms with E-state index in [9.17, 15) is 21.8 Å². The third-order valence-electron chi connectivity index (χ3n) is 4.97. The molecule has 0 radical (unpaired) electrons. The molecule has 1 heterocycles. The number of hydrazone groups is 1. The van der Waals surface area contributed by atoms with E-state index < -0.39 is 33.0 Å². The van der Waals surface area contributed by atoms with Crippen LogP contribution in [0.4, 0.5) is 26.0 Å². The van der Waals surface area contributed by atoms with Crippen molar-refractivity contribution < 1.29 is 36.4 Å². The van der Waals surface area contributed by atoms with Gasteiger partial charge in [-0.2, -0.15) is 32.3 Å². The summed E-state index contributed by atoms with van der Waals surface area (Å²) in [7, 11) is -4.69. The van der Waals surface area contributed by atoms with E-state index in [4.69, 9.17) is 10.7 Å². The van der Waals surface area contributed by atoms with Gasteiger partial charge >= 0.3 is 6.08 Å². The molecule has 36 heavy (non-hydrogen) atoms. The van der Waals surface area contributed by atoms with Crippen LogP contribution in [0, 0.1) is 29.3 Å². The fourth-order valence-electron chi connectivity index (χ4n) is 3.48. The van der Waals surface area contributed by atoms with Crippen molar-refractivity contribution in [2.45, 2.75) is 4.90 Å². The molecule has 12 nitrogen and oxygen atoms in total. The average molecular weight is 539 g/mol. The number of hydrogen-bond donors (Lipinski definition) is 5. The van der Waals surface area contributed by atoms with E-state index in [1.807, 2.05) is 0 Å². The highest BCUT2D eigenvalue weighted by molar-refractivity contribution is 7.98. The zero-order valence-electron chi connectivity index (χ0n) is 17.8. The Bertz CT molecular complexity index is 1410. The molecule has 2 aliphatic carbocycles. The molecule has 2 aromatic rings. The van der Waals surface area contributed by atoms with Gasteiger partial charge in [-0.15, -0.1) is 4.33 Å². The zero-order valence-corrected chi connectivity index (χ0v) is 19.4. The Morgan fingerprint density at radius 3 is 2.69 bits per heavy atom. The van der Waals surface area contributed by atoms with Gasteiger partial charge in [0.25, 0.3) is 10.1 Å². The molecule has 0 fully saturated rings. The van der Waals surface area contributed by atoms with Gasteiger partial charge in [0, 0.05) is 28.5 Å². The minimum absolute atomic E-state index is 0.0578. The molecule has 16 heteroatoms. The van der Waals surface area contributed by atoms with Crippen LogP contribution in [0.25, 0.3) is 0 Å². The molecule has 0 spiro atoms. The van der Waals surface area contributed by atoms with Crippen LogP contribution >= 0.6 is 12.0 Å². The largest absolute Gasteiger partial charge is 0.340 e. The van der Waals surface area contributed by atoms with Crippen molar-refractivity contribution in [1.29, 1.82) is 5.41 Å². The minimum atomic E-state index is -4.69. The van der Waals surface area contributed by atoms with Crippen LogP contribution in [0.5, 0.6) is 0 Å². The van der Waals surface area contributed by atoms with E-state index in [0.29, 0.717) is 4.91 Å². The van der Waals surface area contributed by atoms with Crippen molar-refractivity contribution >= 4 is 50.8 Å². The summed E-state index contributed by atoms with van der Waals surface area (Å²) in [4.78, 5) is 6.40. The Hall–Kier alpha value is -3.54. The number of benzene rings is 1. The molecule has 2 aliphatic rings. The van der Waals surface area contributed by atoms with Crippen LogP contribution in [0.2, 0.25) is 0 Å². The molecular weight excluding hydrogens is 522 g/mol. The number of aromatic nitrogens is 2. The summed E-state index contributed by atoms with van der Waals surface area (Å²) in [6.45, 7) is 0. The number of rotatable bonds is 8. The van der Waals surface area contributed by atoms with Gasteiger partial charge < -0.3 is 5.32 Å². The van der Waals surface area contributed by atoms with Crippen LogP contribution in [0.15, 0.2) is 69.5 Å². The number of hydrogen-bond acceptors (Lipinski definition) is 12. The van der Waals surface area contributed by atoms with Crippen molar-refractivity contribution in [3.63, 3.8) is 0 Å². The van der Waals surface area contributed by atoms with E-state index in [0.717, 1.165) is 24.2 Å². The predicted molar refractivity (Wildman–Crippen MR) is 126 cm³/mol. The summed E-state index contributed by atoms with van der Waals surface area (Å²) in [5.74, 6) is -1.97. The van der Waals surface area contributed by atoms with Crippen molar-refractivity contribution in [3.8, 4) is 0 Å². The van der Waals surface area contributed by atoms with E-state index >= 15 is 0 Å². The number of halogens is 2. The molecule has 1 aromatic carbocycles. The highest BCUT2D eigenvalue weighted by Crippen LogP contribution is 2.34. The molecule has 1 aromatic heterocycles. The second-order valence-corrected chi connectivity index (χ2v) is 9.46. The third-order valence-corrected chi connectivity index (χ3v) is 6.48. The summed E-state index contributed by atoms with van der Waals surface area (Å²) < 4.78 is 64.5. The first-order valence-corrected chi connectivity index (χ1v) is 12.1. The second kappa shape index (κ2) is 10.6. The molecule has 0 amide bonds. The van der Waals surface area contributed by atoms with Crippen LogP contribution in [0.1, 0.15) is 0 Å². The molecule has 0 bridgehead atoms. The number of anilines is 3. The molecule has 0 aliphatic heterocycles. The first-order chi connectivity index (χ1) is 17.1. The second-order valence-electron chi connectivity index (χ2n) is 7.29. The van der Waals surface area contributed by atoms with Crippen LogP contribution in [-0.4, -0.2) is 39.6 Å². The Kier molecular flexibility index (Phi) is 7.53. The lowest BCUT2D eigenvalue weighted by molar-refractivity contribution is -0.431. The average Bonchev–Trinajstić information content (AvgIpc) is 2.80. The molecular formula is C20H16F2N6O6S2. The summed E-state index contributed by atoms with van der Waals surface area (Å²) in [6.07, 6.45) is 7.18. The number of nitrogens with one attached hydrogen (secondary N) is 3. The molecule has 0 saturated heterocycles. The van der Waals surface area contributed by atoms with Gasteiger partial charge in [-0.1, -0.05) is 23.3 Å². The van der Waals surface area contributed by atoms with Crippen LogP contribution < -0.4 is 10.7 Å². The lowest BCUT2D eigenvalue weighted by Crippen LogP contribution is -2.31. The number of allylic oxidation sites excluding steroid dienone is 5. The van der Waals surface area contributed by atoms with Crippen molar-refractivity contribution in [3.05, 3.63) is 71.6 Å². The maximum atomic E-state index is 13.4. The lowest BCUT2D eigenvalue weighted by Gasteiger charge is -2.27. The molecule has 2 atom stereocenters. The molecule has 0 saturated carbocycles. The fourth-order valence-corrected chi connectivity index (χ4v) is 4.56. The van der Waals surface area contributed by atoms with Crippen LogP contribution in [0.3, 0.4) is 0 Å². The number of fused-ring (bicyclic) bond motifs is 1. The van der Waals surface area contributed by atoms with E-state index in [2.05, 4.69) is 35.2 Å². The first kappa shape index (κ1) is 25.5.